The summed E-state index contributed by atoms with van der Waals surface area (Å²) in [4.78, 5) is 10.8. The van der Waals surface area contributed by atoms with Crippen LogP contribution >= 0.6 is 11.6 Å². The predicted molar refractivity (Wildman–Crippen MR) is 58.1 cm³/mol. The minimum atomic E-state index is 0.468. The first-order valence-corrected chi connectivity index (χ1v) is 5.34. The Labute approximate surface area is 91.5 Å². The SMILES string of the molecule is Clc1nc(N2CCCC2)nc2[nH]ncc12. The molecule has 0 amide bonds. The average molecular weight is 224 g/mol. The third-order valence-electron chi connectivity index (χ3n) is 2.64. The lowest BCUT2D eigenvalue weighted by molar-refractivity contribution is 0.904. The normalized spacial score (nSPS) is 16.5. The average Bonchev–Trinajstić information content (AvgIpc) is 2.88. The Balaban J connectivity index is 2.11. The number of hydrogen-bond donors (Lipinski definition) is 1. The molecule has 1 fully saturated rings. The van der Waals surface area contributed by atoms with Crippen LogP contribution in [-0.4, -0.2) is 33.3 Å². The molecule has 5 nitrogen and oxygen atoms in total. The van der Waals surface area contributed by atoms with Crippen molar-refractivity contribution in [1.29, 1.82) is 0 Å². The predicted octanol–water partition coefficient (Wildman–Crippen LogP) is 1.61. The van der Waals surface area contributed by atoms with E-state index in [0.717, 1.165) is 18.5 Å². The van der Waals surface area contributed by atoms with Crippen molar-refractivity contribution in [1.82, 2.24) is 20.2 Å². The zero-order valence-corrected chi connectivity index (χ0v) is 8.83. The number of aromatic nitrogens is 4. The standard InChI is InChI=1S/C9H10ClN5/c10-7-6-5-11-14-8(6)13-9(12-7)15-3-1-2-4-15/h5H,1-4H2,(H,11,12,13,14). The van der Waals surface area contributed by atoms with Crippen LogP contribution in [0.4, 0.5) is 5.95 Å². The van der Waals surface area contributed by atoms with Crippen molar-refractivity contribution in [3.8, 4) is 0 Å². The Kier molecular flexibility index (Phi) is 1.98. The molecule has 3 rings (SSSR count). The second kappa shape index (κ2) is 3.34. The van der Waals surface area contributed by atoms with Crippen LogP contribution < -0.4 is 4.90 Å². The maximum absolute atomic E-state index is 6.04. The molecule has 1 N–H and O–H groups in total. The molecule has 6 heteroatoms. The minimum Gasteiger partial charge on any atom is -0.341 e. The topological polar surface area (TPSA) is 57.7 Å². The van der Waals surface area contributed by atoms with Crippen LogP contribution in [0.25, 0.3) is 11.0 Å². The fraction of sp³-hybridized carbons (Fsp3) is 0.444. The van der Waals surface area contributed by atoms with E-state index in [2.05, 4.69) is 25.1 Å². The molecule has 0 saturated carbocycles. The first kappa shape index (κ1) is 8.91. The molecular formula is C9H10ClN5. The molecule has 0 aromatic carbocycles. The quantitative estimate of drug-likeness (QED) is 0.747. The molecule has 1 aliphatic rings. The van der Waals surface area contributed by atoms with Crippen molar-refractivity contribution in [2.24, 2.45) is 0 Å². The number of nitrogens with one attached hydrogen (secondary N) is 1. The summed E-state index contributed by atoms with van der Waals surface area (Å²) in [5.41, 5.74) is 0.705. The van der Waals surface area contributed by atoms with E-state index in [9.17, 15) is 0 Å². The van der Waals surface area contributed by atoms with Gasteiger partial charge in [0.05, 0.1) is 11.6 Å². The van der Waals surface area contributed by atoms with E-state index in [0.29, 0.717) is 16.7 Å². The van der Waals surface area contributed by atoms with Crippen LogP contribution in [0.2, 0.25) is 5.15 Å². The van der Waals surface area contributed by atoms with E-state index < -0.39 is 0 Å². The number of H-pyrrole nitrogens is 1. The van der Waals surface area contributed by atoms with Gasteiger partial charge in [-0.3, -0.25) is 5.10 Å². The molecule has 15 heavy (non-hydrogen) atoms. The molecule has 1 saturated heterocycles. The van der Waals surface area contributed by atoms with Crippen molar-refractivity contribution >= 4 is 28.6 Å². The maximum atomic E-state index is 6.04. The van der Waals surface area contributed by atoms with Gasteiger partial charge >= 0.3 is 0 Å². The molecule has 78 valence electrons. The highest BCUT2D eigenvalue weighted by Crippen LogP contribution is 2.23. The molecule has 0 unspecified atom stereocenters. The second-order valence-electron chi connectivity index (χ2n) is 3.64. The van der Waals surface area contributed by atoms with Gasteiger partial charge in [-0.25, -0.2) is 4.98 Å². The Hall–Kier alpha value is -1.36. The maximum Gasteiger partial charge on any atom is 0.228 e. The molecule has 0 radical (unpaired) electrons. The highest BCUT2D eigenvalue weighted by molar-refractivity contribution is 6.34. The first-order chi connectivity index (χ1) is 7.34. The molecule has 2 aromatic rings. The molecule has 2 aromatic heterocycles. The number of nitrogens with zero attached hydrogens (tertiary/aromatic N) is 4. The van der Waals surface area contributed by atoms with Crippen molar-refractivity contribution < 1.29 is 0 Å². The van der Waals surface area contributed by atoms with Crippen LogP contribution in [0.15, 0.2) is 6.20 Å². The number of anilines is 1. The third kappa shape index (κ3) is 1.43. The lowest BCUT2D eigenvalue weighted by Gasteiger charge is -2.14. The fourth-order valence-corrected chi connectivity index (χ4v) is 2.06. The van der Waals surface area contributed by atoms with E-state index >= 15 is 0 Å². The Morgan fingerprint density at radius 2 is 2.07 bits per heavy atom. The number of aromatic amines is 1. The summed E-state index contributed by atoms with van der Waals surface area (Å²) in [7, 11) is 0. The van der Waals surface area contributed by atoms with Gasteiger partial charge in [0.2, 0.25) is 5.95 Å². The van der Waals surface area contributed by atoms with Gasteiger partial charge in [0.1, 0.15) is 5.15 Å². The second-order valence-corrected chi connectivity index (χ2v) is 4.00. The number of halogens is 1. The summed E-state index contributed by atoms with van der Waals surface area (Å²) in [6, 6.07) is 0. The van der Waals surface area contributed by atoms with Gasteiger partial charge in [-0.2, -0.15) is 10.1 Å². The first-order valence-electron chi connectivity index (χ1n) is 4.96. The summed E-state index contributed by atoms with van der Waals surface area (Å²) < 4.78 is 0. The number of fused-ring (bicyclic) bond motifs is 1. The van der Waals surface area contributed by atoms with Gasteiger partial charge in [-0.15, -0.1) is 0 Å². The molecule has 1 aliphatic heterocycles. The highest BCUT2D eigenvalue weighted by Gasteiger charge is 2.17. The van der Waals surface area contributed by atoms with Crippen LogP contribution in [0.1, 0.15) is 12.8 Å². The van der Waals surface area contributed by atoms with Gasteiger partial charge in [-0.1, -0.05) is 11.6 Å². The monoisotopic (exact) mass is 223 g/mol. The fourth-order valence-electron chi connectivity index (χ4n) is 1.85. The van der Waals surface area contributed by atoms with Gasteiger partial charge in [0.15, 0.2) is 5.65 Å². The zero-order chi connectivity index (χ0) is 10.3. The third-order valence-corrected chi connectivity index (χ3v) is 2.93. The van der Waals surface area contributed by atoms with Crippen LogP contribution in [0.5, 0.6) is 0 Å². The summed E-state index contributed by atoms with van der Waals surface area (Å²) in [5.74, 6) is 0.703. The van der Waals surface area contributed by atoms with Crippen LogP contribution in [0.3, 0.4) is 0 Å². The molecule has 3 heterocycles. The minimum absolute atomic E-state index is 0.468. The summed E-state index contributed by atoms with van der Waals surface area (Å²) in [6.07, 6.45) is 4.04. The zero-order valence-electron chi connectivity index (χ0n) is 8.07. The van der Waals surface area contributed by atoms with Gasteiger partial charge in [0.25, 0.3) is 0 Å². The number of rotatable bonds is 1. The van der Waals surface area contributed by atoms with E-state index in [1.165, 1.54) is 12.8 Å². The largest absolute Gasteiger partial charge is 0.341 e. The molecule has 0 aliphatic carbocycles. The van der Waals surface area contributed by atoms with Crippen molar-refractivity contribution in [2.45, 2.75) is 12.8 Å². The Morgan fingerprint density at radius 3 is 2.87 bits per heavy atom. The van der Waals surface area contributed by atoms with E-state index in [1.807, 2.05) is 0 Å². The number of hydrogen-bond acceptors (Lipinski definition) is 4. The lowest BCUT2D eigenvalue weighted by atomic mass is 10.4. The van der Waals surface area contributed by atoms with Crippen molar-refractivity contribution in [2.75, 3.05) is 18.0 Å². The Morgan fingerprint density at radius 1 is 1.27 bits per heavy atom. The smallest absolute Gasteiger partial charge is 0.228 e. The summed E-state index contributed by atoms with van der Waals surface area (Å²) in [5, 5.41) is 7.96. The molecule has 0 atom stereocenters. The lowest BCUT2D eigenvalue weighted by Crippen LogP contribution is -2.20. The van der Waals surface area contributed by atoms with E-state index in [-0.39, 0.29) is 0 Å². The van der Waals surface area contributed by atoms with E-state index in [4.69, 9.17) is 11.6 Å². The summed E-state index contributed by atoms with van der Waals surface area (Å²) >= 11 is 6.04. The van der Waals surface area contributed by atoms with Crippen molar-refractivity contribution in [3.63, 3.8) is 0 Å². The Bertz CT molecular complexity index is 488. The van der Waals surface area contributed by atoms with Gasteiger partial charge in [0, 0.05) is 13.1 Å². The van der Waals surface area contributed by atoms with E-state index in [1.54, 1.807) is 6.20 Å². The van der Waals surface area contributed by atoms with Crippen molar-refractivity contribution in [3.05, 3.63) is 11.3 Å². The molecular weight excluding hydrogens is 214 g/mol. The highest BCUT2D eigenvalue weighted by atomic mass is 35.5. The molecule has 0 spiro atoms. The van der Waals surface area contributed by atoms with Crippen LogP contribution in [0, 0.1) is 0 Å². The summed E-state index contributed by atoms with van der Waals surface area (Å²) in [6.45, 7) is 2.02. The molecule has 0 bridgehead atoms. The van der Waals surface area contributed by atoms with Gasteiger partial charge in [-0.05, 0) is 12.8 Å². The van der Waals surface area contributed by atoms with Crippen LogP contribution in [-0.2, 0) is 0 Å². The van der Waals surface area contributed by atoms with Gasteiger partial charge < -0.3 is 4.90 Å².